The number of benzene rings is 2. The van der Waals surface area contributed by atoms with Crippen LogP contribution in [0.25, 0.3) is 16.9 Å². The van der Waals surface area contributed by atoms with E-state index < -0.39 is 11.2 Å². The number of hydrogen-bond donors (Lipinski definition) is 1. The Morgan fingerprint density at radius 3 is 2.46 bits per heavy atom. The molecule has 1 aliphatic rings. The minimum atomic E-state index is -0.461. The molecule has 11 nitrogen and oxygen atoms in total. The van der Waals surface area contributed by atoms with E-state index in [4.69, 9.17) is 4.98 Å². The van der Waals surface area contributed by atoms with E-state index in [0.717, 1.165) is 49.7 Å². The highest BCUT2D eigenvalue weighted by molar-refractivity contribution is 7.99. The summed E-state index contributed by atoms with van der Waals surface area (Å²) in [5, 5.41) is 13.0. The molecule has 1 fully saturated rings. The Morgan fingerprint density at radius 2 is 1.73 bits per heavy atom. The molecule has 1 atom stereocenters. The summed E-state index contributed by atoms with van der Waals surface area (Å²) >= 11 is 1.57. The Bertz CT molecular complexity index is 1740. The molecule has 6 rings (SSSR count). The van der Waals surface area contributed by atoms with E-state index in [1.807, 2.05) is 34.9 Å². The third-order valence-electron chi connectivity index (χ3n) is 7.68. The van der Waals surface area contributed by atoms with E-state index in [2.05, 4.69) is 62.7 Å². The summed E-state index contributed by atoms with van der Waals surface area (Å²) in [7, 11) is 1.65. The smallest absolute Gasteiger partial charge is 0.329 e. The minimum Gasteiger partial charge on any atom is -0.342 e. The van der Waals surface area contributed by atoms with Crippen molar-refractivity contribution >= 4 is 28.9 Å². The van der Waals surface area contributed by atoms with Crippen LogP contribution in [0.3, 0.4) is 0 Å². The highest BCUT2D eigenvalue weighted by Crippen LogP contribution is 2.29. The lowest BCUT2D eigenvalue weighted by molar-refractivity contribution is 0.396. The number of rotatable bonds is 9. The molecular weight excluding hydrogens is 538 g/mol. The first-order chi connectivity index (χ1) is 20.0. The number of nitrogens with zero attached hydrogens (tertiary/aromatic N) is 8. The average Bonchev–Trinajstić information content (AvgIpc) is 3.62. The largest absolute Gasteiger partial charge is 0.342 e. The number of para-hydroxylation sites is 1. The first kappa shape index (κ1) is 27.0. The van der Waals surface area contributed by atoms with Crippen LogP contribution in [-0.2, 0) is 20.0 Å². The predicted octanol–water partition coefficient (Wildman–Crippen LogP) is 3.29. The molecule has 0 saturated carbocycles. The fourth-order valence-corrected chi connectivity index (χ4v) is 6.40. The van der Waals surface area contributed by atoms with Crippen molar-refractivity contribution in [2.24, 2.45) is 18.9 Å². The van der Waals surface area contributed by atoms with E-state index in [-0.39, 0.29) is 5.92 Å². The molecule has 0 spiro atoms. The summed E-state index contributed by atoms with van der Waals surface area (Å²) < 4.78 is 5.15. The summed E-state index contributed by atoms with van der Waals surface area (Å²) in [4.78, 5) is 35.1. The van der Waals surface area contributed by atoms with Gasteiger partial charge in [-0.25, -0.2) is 4.79 Å². The van der Waals surface area contributed by atoms with Gasteiger partial charge in [0.2, 0.25) is 11.1 Å². The van der Waals surface area contributed by atoms with Crippen molar-refractivity contribution in [1.82, 2.24) is 39.3 Å². The number of nitrogens with one attached hydrogen (secondary N) is 1. The van der Waals surface area contributed by atoms with Crippen molar-refractivity contribution in [3.05, 3.63) is 87.1 Å². The topological polar surface area (TPSA) is 120 Å². The second-order valence-corrected chi connectivity index (χ2v) is 11.7. The second-order valence-electron chi connectivity index (χ2n) is 10.8. The van der Waals surface area contributed by atoms with Crippen LogP contribution < -0.4 is 16.1 Å². The molecule has 0 amide bonds. The molecule has 1 aliphatic heterocycles. The van der Waals surface area contributed by atoms with E-state index in [9.17, 15) is 9.59 Å². The lowest BCUT2D eigenvalue weighted by atomic mass is 9.90. The Labute approximate surface area is 241 Å². The average molecular weight is 572 g/mol. The fourth-order valence-electron chi connectivity index (χ4n) is 5.50. The van der Waals surface area contributed by atoms with Crippen LogP contribution >= 0.6 is 11.8 Å². The molecule has 2 aromatic carbocycles. The zero-order chi connectivity index (χ0) is 28.3. The molecule has 12 heteroatoms. The number of aromatic nitrogens is 8. The van der Waals surface area contributed by atoms with Crippen LogP contribution in [-0.4, -0.2) is 58.2 Å². The highest BCUT2D eigenvalue weighted by atomic mass is 32.2. The van der Waals surface area contributed by atoms with Crippen molar-refractivity contribution < 1.29 is 0 Å². The summed E-state index contributed by atoms with van der Waals surface area (Å²) in [6.45, 7) is 4.40. The van der Waals surface area contributed by atoms with Gasteiger partial charge in [-0.1, -0.05) is 67.2 Å². The molecule has 4 heterocycles. The van der Waals surface area contributed by atoms with E-state index in [0.29, 0.717) is 28.8 Å². The summed E-state index contributed by atoms with van der Waals surface area (Å²) in [5.74, 6) is 2.24. The molecule has 212 valence electrons. The van der Waals surface area contributed by atoms with Gasteiger partial charge in [0, 0.05) is 32.4 Å². The van der Waals surface area contributed by atoms with Gasteiger partial charge in [-0.05, 0) is 59.2 Å². The number of hydrogen-bond acceptors (Lipinski definition) is 8. The molecular formula is C29H33N9O2S. The zero-order valence-electron chi connectivity index (χ0n) is 23.2. The van der Waals surface area contributed by atoms with Crippen molar-refractivity contribution in [3.63, 3.8) is 0 Å². The Hall–Kier alpha value is -4.19. The first-order valence-electron chi connectivity index (χ1n) is 13.9. The third kappa shape index (κ3) is 5.69. The number of aromatic amines is 1. The van der Waals surface area contributed by atoms with Crippen molar-refractivity contribution in [2.45, 2.75) is 37.9 Å². The zero-order valence-corrected chi connectivity index (χ0v) is 24.0. The summed E-state index contributed by atoms with van der Waals surface area (Å²) in [6.07, 6.45) is 3.15. The molecule has 0 aliphatic carbocycles. The Morgan fingerprint density at radius 1 is 1.02 bits per heavy atom. The molecule has 0 bridgehead atoms. The van der Waals surface area contributed by atoms with Crippen LogP contribution in [0.1, 0.15) is 25.3 Å². The minimum absolute atomic E-state index is 0.157. The summed E-state index contributed by atoms with van der Waals surface area (Å²) in [5.41, 5.74) is 2.24. The number of tetrazole rings is 1. The first-order valence-corrected chi connectivity index (χ1v) is 14.9. The number of thioether (sulfide) groups is 1. The number of fused-ring (bicyclic) bond motifs is 1. The van der Waals surface area contributed by atoms with Gasteiger partial charge in [0.15, 0.2) is 11.2 Å². The highest BCUT2D eigenvalue weighted by Gasteiger charge is 2.27. The number of H-pyrrole nitrogens is 1. The molecule has 0 radical (unpaired) electrons. The van der Waals surface area contributed by atoms with E-state index in [1.165, 1.54) is 10.1 Å². The quantitative estimate of drug-likeness (QED) is 0.268. The van der Waals surface area contributed by atoms with Crippen LogP contribution in [0.2, 0.25) is 0 Å². The lowest BCUT2D eigenvalue weighted by Gasteiger charge is -2.33. The standard InChI is InChI=1S/C29H33N9O2S/c1-20(19-41-29-32-33-34-38(29)23-11-7-4-8-12-23)18-37-24-25(35(2)28(40)31-26(24)39)30-27(37)36-15-13-22(14-16-36)17-21-9-5-3-6-10-21/h3-12,20,22H,13-19H2,1-2H3,(H,31,39,40)/t20-/m0/s1. The van der Waals surface area contributed by atoms with Gasteiger partial charge < -0.3 is 9.47 Å². The maximum absolute atomic E-state index is 13.1. The SMILES string of the molecule is C[C@H](CSc1nnnn1-c1ccccc1)Cn1c(N2CCC(Cc3ccccc3)CC2)nc2c1c(=O)[nH]c(=O)n2C. The maximum Gasteiger partial charge on any atom is 0.329 e. The number of aryl methyl sites for hydroxylation is 1. The second kappa shape index (κ2) is 11.7. The van der Waals surface area contributed by atoms with Crippen LogP contribution in [0.5, 0.6) is 0 Å². The van der Waals surface area contributed by atoms with E-state index >= 15 is 0 Å². The Kier molecular flexibility index (Phi) is 7.73. The van der Waals surface area contributed by atoms with Crippen LogP contribution in [0.4, 0.5) is 5.95 Å². The normalized spacial score (nSPS) is 15.0. The maximum atomic E-state index is 13.1. The molecule has 0 unspecified atom stereocenters. The van der Waals surface area contributed by atoms with Crippen molar-refractivity contribution in [3.8, 4) is 5.69 Å². The number of anilines is 1. The van der Waals surface area contributed by atoms with Gasteiger partial charge in [0.05, 0.1) is 5.69 Å². The Balaban J connectivity index is 1.22. The molecule has 1 saturated heterocycles. The van der Waals surface area contributed by atoms with Crippen molar-refractivity contribution in [2.75, 3.05) is 23.7 Å². The van der Waals surface area contributed by atoms with E-state index in [1.54, 1.807) is 23.5 Å². The molecule has 41 heavy (non-hydrogen) atoms. The van der Waals surface area contributed by atoms with Gasteiger partial charge in [-0.3, -0.25) is 14.3 Å². The molecule has 3 aromatic heterocycles. The van der Waals surface area contributed by atoms with Crippen LogP contribution in [0, 0.1) is 11.8 Å². The molecule has 5 aromatic rings. The third-order valence-corrected chi connectivity index (χ3v) is 8.93. The van der Waals surface area contributed by atoms with Gasteiger partial charge in [0.25, 0.3) is 5.56 Å². The van der Waals surface area contributed by atoms with Gasteiger partial charge in [0.1, 0.15) is 0 Å². The van der Waals surface area contributed by atoms with Crippen molar-refractivity contribution in [1.29, 1.82) is 0 Å². The number of imidazole rings is 1. The summed E-state index contributed by atoms with van der Waals surface area (Å²) in [6, 6.07) is 20.4. The van der Waals surface area contributed by atoms with Gasteiger partial charge >= 0.3 is 5.69 Å². The fraction of sp³-hybridized carbons (Fsp3) is 0.379. The lowest BCUT2D eigenvalue weighted by Crippen LogP contribution is -2.36. The number of piperidine rings is 1. The van der Waals surface area contributed by atoms with Gasteiger partial charge in [-0.2, -0.15) is 9.67 Å². The van der Waals surface area contributed by atoms with Gasteiger partial charge in [-0.15, -0.1) is 5.10 Å². The molecule has 1 N–H and O–H groups in total. The monoisotopic (exact) mass is 571 g/mol. The predicted molar refractivity (Wildman–Crippen MR) is 160 cm³/mol. The van der Waals surface area contributed by atoms with Crippen LogP contribution in [0.15, 0.2) is 75.4 Å².